The van der Waals surface area contributed by atoms with Crippen LogP contribution in [0.5, 0.6) is 0 Å². The number of rotatable bonds is 9. The van der Waals surface area contributed by atoms with E-state index in [1.54, 1.807) is 0 Å². The van der Waals surface area contributed by atoms with Crippen LogP contribution in [0, 0.1) is 0 Å². The summed E-state index contributed by atoms with van der Waals surface area (Å²) in [4.78, 5) is 0. The van der Waals surface area contributed by atoms with Crippen molar-refractivity contribution in [3.63, 3.8) is 0 Å². The Kier molecular flexibility index (Phi) is 6.14. The summed E-state index contributed by atoms with van der Waals surface area (Å²) in [6, 6.07) is 0. The molecule has 3 atom stereocenters. The average molecular weight is 437 g/mol. The molecule has 0 N–H and O–H groups in total. The van der Waals surface area contributed by atoms with Crippen LogP contribution in [0.1, 0.15) is 0 Å². The van der Waals surface area contributed by atoms with Crippen LogP contribution in [0.15, 0.2) is 0 Å². The van der Waals surface area contributed by atoms with E-state index in [1.165, 1.54) is 34.5 Å². The minimum absolute atomic E-state index is 1.02. The SMILES string of the molecule is C1SC1C[S][Sb]([S]CC1CS1)[S]CC1CS1. The van der Waals surface area contributed by atoms with Crippen LogP contribution in [-0.4, -0.2) is 66.3 Å². The van der Waals surface area contributed by atoms with Gasteiger partial charge in [-0.2, -0.15) is 0 Å². The maximum atomic E-state index is 2.40. The summed E-state index contributed by atoms with van der Waals surface area (Å²) in [5.41, 5.74) is 0. The molecule has 0 aromatic carbocycles. The van der Waals surface area contributed by atoms with Gasteiger partial charge in [-0.05, 0) is 0 Å². The van der Waals surface area contributed by atoms with Gasteiger partial charge in [0.1, 0.15) is 0 Å². The summed E-state index contributed by atoms with van der Waals surface area (Å²) in [6.45, 7) is 0. The predicted molar refractivity (Wildman–Crippen MR) is 91.9 cm³/mol. The van der Waals surface area contributed by atoms with E-state index in [1.807, 2.05) is 0 Å². The van der Waals surface area contributed by atoms with E-state index < -0.39 is 16.0 Å². The van der Waals surface area contributed by atoms with E-state index in [4.69, 9.17) is 0 Å². The molecular weight excluding hydrogens is 422 g/mol. The second-order valence-electron chi connectivity index (χ2n) is 3.98. The van der Waals surface area contributed by atoms with E-state index in [9.17, 15) is 0 Å². The Balaban J connectivity index is 1.33. The van der Waals surface area contributed by atoms with Gasteiger partial charge in [0.05, 0.1) is 0 Å². The third-order valence-electron chi connectivity index (χ3n) is 2.30. The van der Waals surface area contributed by atoms with Gasteiger partial charge in [0.15, 0.2) is 0 Å². The molecule has 92 valence electrons. The van der Waals surface area contributed by atoms with Crippen LogP contribution in [0.2, 0.25) is 0 Å². The monoisotopic (exact) mass is 436 g/mol. The third kappa shape index (κ3) is 5.92. The van der Waals surface area contributed by atoms with Gasteiger partial charge in [-0.1, -0.05) is 0 Å². The summed E-state index contributed by atoms with van der Waals surface area (Å²) < 4.78 is 0. The van der Waals surface area contributed by atoms with Crippen molar-refractivity contribution in [2.45, 2.75) is 15.7 Å². The Morgan fingerprint density at radius 2 is 1.06 bits per heavy atom. The Morgan fingerprint density at radius 3 is 1.31 bits per heavy atom. The van der Waals surface area contributed by atoms with Gasteiger partial charge in [0, 0.05) is 0 Å². The van der Waals surface area contributed by atoms with Crippen molar-refractivity contribution < 1.29 is 0 Å². The van der Waals surface area contributed by atoms with Gasteiger partial charge in [0.2, 0.25) is 0 Å². The Hall–Kier alpha value is 2.92. The summed E-state index contributed by atoms with van der Waals surface area (Å²) in [5, 5.41) is 3.14. The maximum absolute atomic E-state index is 2.40. The van der Waals surface area contributed by atoms with E-state index in [0.717, 1.165) is 15.7 Å². The minimum atomic E-state index is -1.02. The molecule has 3 saturated heterocycles. The molecule has 3 aliphatic heterocycles. The molecule has 0 aliphatic carbocycles. The molecule has 0 spiro atoms. The predicted octanol–water partition coefficient (Wildman–Crippen LogP) is 3.52. The van der Waals surface area contributed by atoms with Gasteiger partial charge < -0.3 is 0 Å². The summed E-state index contributed by atoms with van der Waals surface area (Å²) >= 11 is 5.48. The van der Waals surface area contributed by atoms with Crippen LogP contribution in [0.25, 0.3) is 0 Å². The van der Waals surface area contributed by atoms with Gasteiger partial charge >= 0.3 is 128 Å². The summed E-state index contributed by atoms with van der Waals surface area (Å²) in [6.07, 6.45) is 0. The van der Waals surface area contributed by atoms with Crippen molar-refractivity contribution in [2.75, 3.05) is 34.5 Å². The molecule has 3 heterocycles. The molecule has 7 heteroatoms. The second kappa shape index (κ2) is 7.08. The summed E-state index contributed by atoms with van der Waals surface area (Å²) in [5.74, 6) is 8.78. The molecule has 3 fully saturated rings. The van der Waals surface area contributed by atoms with Crippen LogP contribution in [0.4, 0.5) is 0 Å². The van der Waals surface area contributed by atoms with Crippen molar-refractivity contribution in [3.05, 3.63) is 0 Å². The quantitative estimate of drug-likeness (QED) is 0.397. The van der Waals surface area contributed by atoms with E-state index >= 15 is 0 Å². The first-order chi connectivity index (χ1) is 7.90. The first kappa shape index (κ1) is 13.9. The molecule has 0 nitrogen and oxygen atoms in total. The standard InChI is InChI=1S/3C3H6S2.Sb/c3*4-1-3-2-5-3;/h3*3-4H,1-2H2;/q;;;+3/p-3. The normalized spacial score (nSPS) is 35.4. The zero-order chi connectivity index (χ0) is 10.8. The second-order valence-corrected chi connectivity index (χ2v) is 29.7. The molecule has 0 aromatic rings. The van der Waals surface area contributed by atoms with Crippen molar-refractivity contribution in [1.82, 2.24) is 0 Å². The summed E-state index contributed by atoms with van der Waals surface area (Å²) in [7, 11) is 7.20. The number of thioether (sulfide) groups is 3. The average Bonchev–Trinajstić information content (AvgIpc) is 3.15. The molecule has 3 rings (SSSR count). The zero-order valence-electron chi connectivity index (χ0n) is 8.87. The Bertz CT molecular complexity index is 190. The zero-order valence-corrected chi connectivity index (χ0v) is 16.3. The molecule has 0 saturated carbocycles. The van der Waals surface area contributed by atoms with E-state index in [-0.39, 0.29) is 0 Å². The van der Waals surface area contributed by atoms with Crippen LogP contribution >= 0.6 is 61.8 Å². The Morgan fingerprint density at radius 1 is 0.750 bits per heavy atom. The van der Waals surface area contributed by atoms with Gasteiger partial charge in [0.25, 0.3) is 0 Å². The van der Waals surface area contributed by atoms with Crippen LogP contribution in [-0.2, 0) is 0 Å². The van der Waals surface area contributed by atoms with Crippen LogP contribution < -0.4 is 0 Å². The van der Waals surface area contributed by atoms with Crippen molar-refractivity contribution in [1.29, 1.82) is 0 Å². The van der Waals surface area contributed by atoms with Crippen LogP contribution in [0.3, 0.4) is 0 Å². The first-order valence-electron chi connectivity index (χ1n) is 5.44. The van der Waals surface area contributed by atoms with Gasteiger partial charge in [-0.15, -0.1) is 0 Å². The van der Waals surface area contributed by atoms with Crippen molar-refractivity contribution in [3.8, 4) is 0 Å². The van der Waals surface area contributed by atoms with E-state index in [0.29, 0.717) is 0 Å². The number of hydrogen-bond acceptors (Lipinski definition) is 6. The Labute approximate surface area is 126 Å². The topological polar surface area (TPSA) is 0 Å². The molecule has 16 heavy (non-hydrogen) atoms. The molecule has 0 radical (unpaired) electrons. The fourth-order valence-corrected chi connectivity index (χ4v) is 29.7. The molecular formula is C9H15S6Sb. The number of hydrogen-bond donors (Lipinski definition) is 0. The van der Waals surface area contributed by atoms with Gasteiger partial charge in [-0.25, -0.2) is 0 Å². The molecule has 0 amide bonds. The fraction of sp³-hybridized carbons (Fsp3) is 1.00. The molecule has 3 aliphatic rings. The molecule has 3 unspecified atom stereocenters. The van der Waals surface area contributed by atoms with Crippen molar-refractivity contribution in [2.24, 2.45) is 0 Å². The molecule has 0 aromatic heterocycles. The van der Waals surface area contributed by atoms with E-state index in [2.05, 4.69) is 61.8 Å². The molecule has 0 bridgehead atoms. The van der Waals surface area contributed by atoms with Crippen molar-refractivity contribution >= 4 is 77.8 Å². The first-order valence-corrected chi connectivity index (χ1v) is 20.8. The third-order valence-corrected chi connectivity index (χ3v) is 30.1. The van der Waals surface area contributed by atoms with Gasteiger partial charge in [-0.3, -0.25) is 0 Å². The fourth-order valence-electron chi connectivity index (χ4n) is 1.04.